The SMILES string of the molecule is C=CCOc1c(Cl)cc(C(=O)N[C@H](CC(=O)O)C(C)(C)C)cc1Cl. The molecule has 0 aliphatic carbocycles. The van der Waals surface area contributed by atoms with Crippen molar-refractivity contribution in [2.24, 2.45) is 5.41 Å². The molecule has 1 atom stereocenters. The van der Waals surface area contributed by atoms with Gasteiger partial charge in [0.25, 0.3) is 5.91 Å². The van der Waals surface area contributed by atoms with Gasteiger partial charge in [-0.3, -0.25) is 9.59 Å². The van der Waals surface area contributed by atoms with Crippen LogP contribution in [-0.4, -0.2) is 29.6 Å². The molecule has 0 aliphatic heterocycles. The van der Waals surface area contributed by atoms with Crippen molar-refractivity contribution in [3.05, 3.63) is 40.4 Å². The number of carbonyl (C=O) groups excluding carboxylic acids is 1. The van der Waals surface area contributed by atoms with E-state index in [4.69, 9.17) is 33.0 Å². The minimum atomic E-state index is -0.987. The van der Waals surface area contributed by atoms with Gasteiger partial charge < -0.3 is 15.2 Å². The van der Waals surface area contributed by atoms with Crippen LogP contribution < -0.4 is 10.1 Å². The Hall–Kier alpha value is -1.72. The number of nitrogens with one attached hydrogen (secondary N) is 1. The molecule has 0 spiro atoms. The monoisotopic (exact) mass is 373 g/mol. The number of carbonyl (C=O) groups is 2. The van der Waals surface area contributed by atoms with Crippen molar-refractivity contribution in [2.75, 3.05) is 6.61 Å². The van der Waals surface area contributed by atoms with Gasteiger partial charge in [-0.05, 0) is 17.5 Å². The van der Waals surface area contributed by atoms with Gasteiger partial charge in [0.05, 0.1) is 16.5 Å². The minimum Gasteiger partial charge on any atom is -0.486 e. The zero-order valence-electron chi connectivity index (χ0n) is 13.9. The van der Waals surface area contributed by atoms with E-state index in [1.165, 1.54) is 12.1 Å². The molecule has 132 valence electrons. The second kappa shape index (κ2) is 8.40. The molecule has 0 aromatic heterocycles. The van der Waals surface area contributed by atoms with E-state index >= 15 is 0 Å². The first-order chi connectivity index (χ1) is 11.1. The Labute approximate surface area is 151 Å². The fourth-order valence-corrected chi connectivity index (χ4v) is 2.56. The third-order valence-electron chi connectivity index (χ3n) is 3.34. The maximum Gasteiger partial charge on any atom is 0.305 e. The zero-order chi connectivity index (χ0) is 18.5. The normalized spacial score (nSPS) is 12.4. The summed E-state index contributed by atoms with van der Waals surface area (Å²) >= 11 is 12.2. The molecule has 0 fully saturated rings. The van der Waals surface area contributed by atoms with Crippen LogP contribution in [-0.2, 0) is 4.79 Å². The quantitative estimate of drug-likeness (QED) is 0.702. The molecule has 2 N–H and O–H groups in total. The molecule has 0 unspecified atom stereocenters. The van der Waals surface area contributed by atoms with Gasteiger partial charge >= 0.3 is 5.97 Å². The number of carboxylic acid groups (broad SMARTS) is 1. The van der Waals surface area contributed by atoms with Crippen LogP contribution in [0.4, 0.5) is 0 Å². The molecule has 0 bridgehead atoms. The first kappa shape index (κ1) is 20.3. The second-order valence-electron chi connectivity index (χ2n) is 6.36. The summed E-state index contributed by atoms with van der Waals surface area (Å²) in [6.07, 6.45) is 1.37. The Morgan fingerprint density at radius 3 is 2.29 bits per heavy atom. The number of ether oxygens (including phenoxy) is 1. The van der Waals surface area contributed by atoms with Gasteiger partial charge in [-0.25, -0.2) is 0 Å². The van der Waals surface area contributed by atoms with Crippen LogP contribution in [0.2, 0.25) is 10.0 Å². The predicted molar refractivity (Wildman–Crippen MR) is 95.1 cm³/mol. The van der Waals surface area contributed by atoms with Crippen molar-refractivity contribution < 1.29 is 19.4 Å². The number of rotatable bonds is 7. The van der Waals surface area contributed by atoms with Crippen molar-refractivity contribution in [1.29, 1.82) is 0 Å². The van der Waals surface area contributed by atoms with E-state index in [-0.39, 0.29) is 34.4 Å². The fourth-order valence-electron chi connectivity index (χ4n) is 1.96. The number of carboxylic acids is 1. The van der Waals surface area contributed by atoms with Gasteiger partial charge in [-0.2, -0.15) is 0 Å². The van der Waals surface area contributed by atoms with E-state index < -0.39 is 23.3 Å². The smallest absolute Gasteiger partial charge is 0.305 e. The van der Waals surface area contributed by atoms with Crippen LogP contribution in [0.15, 0.2) is 24.8 Å². The Morgan fingerprint density at radius 2 is 1.88 bits per heavy atom. The number of hydrogen-bond donors (Lipinski definition) is 2. The third-order valence-corrected chi connectivity index (χ3v) is 3.90. The Balaban J connectivity index is 3.02. The molecule has 5 nitrogen and oxygen atoms in total. The minimum absolute atomic E-state index is 0.183. The van der Waals surface area contributed by atoms with Crippen molar-refractivity contribution >= 4 is 35.1 Å². The van der Waals surface area contributed by atoms with Crippen molar-refractivity contribution in [1.82, 2.24) is 5.32 Å². The highest BCUT2D eigenvalue weighted by molar-refractivity contribution is 6.37. The summed E-state index contributed by atoms with van der Waals surface area (Å²) in [7, 11) is 0. The highest BCUT2D eigenvalue weighted by Gasteiger charge is 2.29. The van der Waals surface area contributed by atoms with Crippen molar-refractivity contribution in [3.63, 3.8) is 0 Å². The maximum atomic E-state index is 12.4. The van der Waals surface area contributed by atoms with Gasteiger partial charge in [-0.15, -0.1) is 0 Å². The molecule has 0 saturated heterocycles. The molecule has 1 aromatic rings. The number of benzene rings is 1. The third kappa shape index (κ3) is 5.73. The number of halogens is 2. The molecular weight excluding hydrogens is 353 g/mol. The standard InChI is InChI=1S/C17H21Cl2NO4/c1-5-6-24-15-11(18)7-10(8-12(15)19)16(23)20-13(9-14(21)22)17(2,3)4/h5,7-8,13H,1,6,9H2,2-4H3,(H,20,23)(H,21,22)/t13-/m1/s1. The van der Waals surface area contributed by atoms with E-state index in [9.17, 15) is 9.59 Å². The largest absolute Gasteiger partial charge is 0.486 e. The van der Waals surface area contributed by atoms with Crippen LogP contribution in [0.1, 0.15) is 37.6 Å². The lowest BCUT2D eigenvalue weighted by molar-refractivity contribution is -0.138. The van der Waals surface area contributed by atoms with E-state index in [2.05, 4.69) is 11.9 Å². The summed E-state index contributed by atoms with van der Waals surface area (Å²) in [5, 5.41) is 12.1. The summed E-state index contributed by atoms with van der Waals surface area (Å²) in [5.41, 5.74) is -0.190. The molecular formula is C17H21Cl2NO4. The molecule has 0 aliphatic rings. The van der Waals surface area contributed by atoms with Gasteiger partial charge in [0.1, 0.15) is 6.61 Å². The van der Waals surface area contributed by atoms with Crippen LogP contribution in [0.5, 0.6) is 5.75 Å². The van der Waals surface area contributed by atoms with Crippen LogP contribution in [0.25, 0.3) is 0 Å². The molecule has 1 amide bonds. The summed E-state index contributed by atoms with van der Waals surface area (Å²) in [6.45, 7) is 9.33. The molecule has 0 radical (unpaired) electrons. The second-order valence-corrected chi connectivity index (χ2v) is 7.17. The number of hydrogen-bond acceptors (Lipinski definition) is 3. The number of aliphatic carboxylic acids is 1. The molecule has 1 aromatic carbocycles. The topological polar surface area (TPSA) is 75.6 Å². The first-order valence-electron chi connectivity index (χ1n) is 7.31. The molecule has 0 heterocycles. The Bertz CT molecular complexity index is 615. The Morgan fingerprint density at radius 1 is 1.33 bits per heavy atom. The first-order valence-corrected chi connectivity index (χ1v) is 8.07. The van der Waals surface area contributed by atoms with Crippen LogP contribution >= 0.6 is 23.2 Å². The summed E-state index contributed by atoms with van der Waals surface area (Å²) in [6, 6.07) is 2.32. The van der Waals surface area contributed by atoms with E-state index in [0.717, 1.165) is 0 Å². The number of amides is 1. The average Bonchev–Trinajstić information content (AvgIpc) is 2.44. The summed E-state index contributed by atoms with van der Waals surface area (Å²) < 4.78 is 5.35. The van der Waals surface area contributed by atoms with Crippen LogP contribution in [0.3, 0.4) is 0 Å². The van der Waals surface area contributed by atoms with Gasteiger partial charge in [0.2, 0.25) is 0 Å². The maximum absolute atomic E-state index is 12.4. The fraction of sp³-hybridized carbons (Fsp3) is 0.412. The Kier molecular flexibility index (Phi) is 7.11. The van der Waals surface area contributed by atoms with Gasteiger partial charge in [0.15, 0.2) is 5.75 Å². The molecule has 7 heteroatoms. The lowest BCUT2D eigenvalue weighted by Crippen LogP contribution is -2.45. The van der Waals surface area contributed by atoms with E-state index in [1.807, 2.05) is 20.8 Å². The van der Waals surface area contributed by atoms with Gasteiger partial charge in [0, 0.05) is 11.6 Å². The summed E-state index contributed by atoms with van der Waals surface area (Å²) in [4.78, 5) is 23.4. The van der Waals surface area contributed by atoms with E-state index in [0.29, 0.717) is 0 Å². The summed E-state index contributed by atoms with van der Waals surface area (Å²) in [5.74, 6) is -1.16. The predicted octanol–water partition coefficient (Wildman–Crippen LogP) is 4.18. The molecule has 24 heavy (non-hydrogen) atoms. The zero-order valence-corrected chi connectivity index (χ0v) is 15.4. The lowest BCUT2D eigenvalue weighted by atomic mass is 9.84. The van der Waals surface area contributed by atoms with E-state index in [1.54, 1.807) is 6.08 Å². The van der Waals surface area contributed by atoms with Crippen LogP contribution in [0, 0.1) is 5.41 Å². The van der Waals surface area contributed by atoms with Gasteiger partial charge in [-0.1, -0.05) is 56.6 Å². The van der Waals surface area contributed by atoms with Crippen molar-refractivity contribution in [3.8, 4) is 5.75 Å². The average molecular weight is 374 g/mol. The molecule has 1 rings (SSSR count). The molecule has 0 saturated carbocycles. The highest BCUT2D eigenvalue weighted by Crippen LogP contribution is 2.34. The lowest BCUT2D eigenvalue weighted by Gasteiger charge is -2.30. The van der Waals surface area contributed by atoms with Crippen molar-refractivity contribution in [2.45, 2.75) is 33.2 Å². The highest BCUT2D eigenvalue weighted by atomic mass is 35.5.